The summed E-state index contributed by atoms with van der Waals surface area (Å²) in [5.41, 5.74) is 3.10. The number of nitrogens with zero attached hydrogens (tertiary/aromatic N) is 4. The van der Waals surface area contributed by atoms with Gasteiger partial charge in [-0.3, -0.25) is 15.0 Å². The first kappa shape index (κ1) is 20.9. The Bertz CT molecular complexity index is 1090. The summed E-state index contributed by atoms with van der Waals surface area (Å²) in [5.74, 6) is 0.840. The Morgan fingerprint density at radius 1 is 1.12 bits per heavy atom. The van der Waals surface area contributed by atoms with Crippen molar-refractivity contribution in [1.29, 1.82) is 0 Å². The first-order valence-electron chi connectivity index (χ1n) is 11.3. The third-order valence-corrected chi connectivity index (χ3v) is 6.61. The lowest BCUT2D eigenvalue weighted by Gasteiger charge is -2.42. The molecule has 32 heavy (non-hydrogen) atoms. The summed E-state index contributed by atoms with van der Waals surface area (Å²) in [5, 5.41) is 6.42. The normalized spacial score (nSPS) is 20.2. The van der Waals surface area contributed by atoms with Gasteiger partial charge in [0.05, 0.1) is 17.6 Å². The number of hydrogen-bond acceptors (Lipinski definition) is 5. The fraction of sp³-hybridized carbons (Fsp3) is 0.417. The SMILES string of the molecule is CN(C1CCN(c2nc3ccccc3n2Cc2ccc(F)cc2)CC1)C1NCCC(=O)N1. The van der Waals surface area contributed by atoms with E-state index in [2.05, 4.69) is 38.1 Å². The molecule has 0 radical (unpaired) electrons. The molecule has 2 fully saturated rings. The monoisotopic (exact) mass is 436 g/mol. The number of imidazole rings is 1. The van der Waals surface area contributed by atoms with Crippen LogP contribution in [0.15, 0.2) is 48.5 Å². The van der Waals surface area contributed by atoms with Crippen molar-refractivity contribution in [3.8, 4) is 0 Å². The number of rotatable bonds is 5. The van der Waals surface area contributed by atoms with Crippen LogP contribution < -0.4 is 15.5 Å². The number of fused-ring (bicyclic) bond motifs is 1. The molecule has 0 aliphatic carbocycles. The summed E-state index contributed by atoms with van der Waals surface area (Å²) in [4.78, 5) is 21.3. The topological polar surface area (TPSA) is 65.4 Å². The minimum atomic E-state index is -0.223. The lowest BCUT2D eigenvalue weighted by Crippen LogP contribution is -2.62. The van der Waals surface area contributed by atoms with Crippen LogP contribution in [-0.4, -0.2) is 59.4 Å². The van der Waals surface area contributed by atoms with E-state index in [1.54, 1.807) is 0 Å². The molecule has 2 aromatic carbocycles. The fourth-order valence-electron chi connectivity index (χ4n) is 4.76. The first-order valence-corrected chi connectivity index (χ1v) is 11.3. The molecule has 1 unspecified atom stereocenters. The van der Waals surface area contributed by atoms with E-state index in [0.29, 0.717) is 25.6 Å². The van der Waals surface area contributed by atoms with Crippen molar-refractivity contribution in [1.82, 2.24) is 25.1 Å². The number of halogens is 1. The second-order valence-corrected chi connectivity index (χ2v) is 8.67. The molecule has 2 aliphatic rings. The molecule has 3 heterocycles. The second kappa shape index (κ2) is 8.88. The van der Waals surface area contributed by atoms with Crippen molar-refractivity contribution in [2.24, 2.45) is 0 Å². The predicted octanol–water partition coefficient (Wildman–Crippen LogP) is 2.52. The lowest BCUT2D eigenvalue weighted by atomic mass is 10.0. The van der Waals surface area contributed by atoms with Gasteiger partial charge in [0.1, 0.15) is 12.1 Å². The Morgan fingerprint density at radius 2 is 1.88 bits per heavy atom. The summed E-state index contributed by atoms with van der Waals surface area (Å²) in [6.45, 7) is 3.14. The third-order valence-electron chi connectivity index (χ3n) is 6.61. The van der Waals surface area contributed by atoms with E-state index in [4.69, 9.17) is 4.98 Å². The number of aromatic nitrogens is 2. The van der Waals surface area contributed by atoms with E-state index in [0.717, 1.165) is 48.5 Å². The minimum Gasteiger partial charge on any atom is -0.342 e. The highest BCUT2D eigenvalue weighted by molar-refractivity contribution is 5.79. The Kier molecular flexibility index (Phi) is 5.80. The summed E-state index contributed by atoms with van der Waals surface area (Å²) < 4.78 is 15.6. The predicted molar refractivity (Wildman–Crippen MR) is 123 cm³/mol. The molecule has 8 heteroatoms. The molecule has 1 atom stereocenters. The maximum absolute atomic E-state index is 13.4. The van der Waals surface area contributed by atoms with Gasteiger partial charge < -0.3 is 14.8 Å². The van der Waals surface area contributed by atoms with E-state index in [1.165, 1.54) is 12.1 Å². The van der Waals surface area contributed by atoms with Gasteiger partial charge >= 0.3 is 0 Å². The Balaban J connectivity index is 1.34. The average molecular weight is 437 g/mol. The van der Waals surface area contributed by atoms with Gasteiger partial charge in [-0.05, 0) is 49.7 Å². The molecule has 7 nitrogen and oxygen atoms in total. The Morgan fingerprint density at radius 3 is 2.62 bits per heavy atom. The van der Waals surface area contributed by atoms with E-state index in [9.17, 15) is 9.18 Å². The summed E-state index contributed by atoms with van der Waals surface area (Å²) in [6.07, 6.45) is 2.41. The van der Waals surface area contributed by atoms with Gasteiger partial charge in [0.15, 0.2) is 0 Å². The van der Waals surface area contributed by atoms with Crippen LogP contribution in [0.5, 0.6) is 0 Å². The zero-order valence-electron chi connectivity index (χ0n) is 18.3. The molecular weight excluding hydrogens is 407 g/mol. The number of benzene rings is 2. The van der Waals surface area contributed by atoms with Crippen molar-refractivity contribution in [2.75, 3.05) is 31.6 Å². The Labute approximate surface area is 187 Å². The zero-order chi connectivity index (χ0) is 22.1. The van der Waals surface area contributed by atoms with Gasteiger partial charge in [-0.25, -0.2) is 9.37 Å². The van der Waals surface area contributed by atoms with Gasteiger partial charge in [0, 0.05) is 32.1 Å². The van der Waals surface area contributed by atoms with Crippen molar-refractivity contribution in [3.63, 3.8) is 0 Å². The van der Waals surface area contributed by atoms with Crippen molar-refractivity contribution < 1.29 is 9.18 Å². The van der Waals surface area contributed by atoms with Crippen molar-refractivity contribution >= 4 is 22.9 Å². The van der Waals surface area contributed by atoms with Crippen LogP contribution in [-0.2, 0) is 11.3 Å². The van der Waals surface area contributed by atoms with Crippen LogP contribution in [0.3, 0.4) is 0 Å². The smallest absolute Gasteiger partial charge is 0.223 e. The number of carbonyl (C=O) groups excluding carboxylic acids is 1. The van der Waals surface area contributed by atoms with Crippen LogP contribution in [0.4, 0.5) is 10.3 Å². The van der Waals surface area contributed by atoms with E-state index >= 15 is 0 Å². The molecule has 168 valence electrons. The molecule has 2 aliphatic heterocycles. The van der Waals surface area contributed by atoms with Gasteiger partial charge in [0.2, 0.25) is 11.9 Å². The maximum atomic E-state index is 13.4. The van der Waals surface area contributed by atoms with Gasteiger partial charge in [0.25, 0.3) is 0 Å². The molecule has 3 aromatic rings. The van der Waals surface area contributed by atoms with E-state index in [1.807, 2.05) is 30.3 Å². The number of piperidine rings is 1. The number of para-hydroxylation sites is 2. The van der Waals surface area contributed by atoms with Crippen molar-refractivity contribution in [3.05, 3.63) is 59.9 Å². The number of nitrogens with one attached hydrogen (secondary N) is 2. The highest BCUT2D eigenvalue weighted by Gasteiger charge is 2.30. The summed E-state index contributed by atoms with van der Waals surface area (Å²) in [7, 11) is 2.08. The van der Waals surface area contributed by atoms with Crippen molar-refractivity contribution in [2.45, 2.75) is 38.1 Å². The molecule has 5 rings (SSSR count). The quantitative estimate of drug-likeness (QED) is 0.644. The average Bonchev–Trinajstić information content (AvgIpc) is 3.18. The maximum Gasteiger partial charge on any atom is 0.223 e. The number of amides is 1. The molecule has 0 bridgehead atoms. The zero-order valence-corrected chi connectivity index (χ0v) is 18.3. The highest BCUT2D eigenvalue weighted by Crippen LogP contribution is 2.27. The molecule has 1 aromatic heterocycles. The fourth-order valence-corrected chi connectivity index (χ4v) is 4.76. The molecular formula is C24H29FN6O. The molecule has 0 saturated carbocycles. The molecule has 2 saturated heterocycles. The van der Waals surface area contributed by atoms with Gasteiger partial charge in [-0.2, -0.15) is 0 Å². The minimum absolute atomic E-state index is 0.101. The Hall–Kier alpha value is -2.97. The third kappa shape index (κ3) is 4.20. The van der Waals surface area contributed by atoms with Gasteiger partial charge in [-0.1, -0.05) is 24.3 Å². The number of carbonyl (C=O) groups is 1. The number of anilines is 1. The van der Waals surface area contributed by atoms with E-state index < -0.39 is 0 Å². The highest BCUT2D eigenvalue weighted by atomic mass is 19.1. The van der Waals surface area contributed by atoms with E-state index in [-0.39, 0.29) is 18.0 Å². The summed E-state index contributed by atoms with van der Waals surface area (Å²) in [6, 6.07) is 15.2. The first-order chi connectivity index (χ1) is 15.6. The van der Waals surface area contributed by atoms with Crippen LogP contribution >= 0.6 is 0 Å². The molecule has 1 amide bonds. The largest absolute Gasteiger partial charge is 0.342 e. The van der Waals surface area contributed by atoms with Crippen LogP contribution in [0.2, 0.25) is 0 Å². The second-order valence-electron chi connectivity index (χ2n) is 8.67. The van der Waals surface area contributed by atoms with Crippen LogP contribution in [0.25, 0.3) is 11.0 Å². The lowest BCUT2D eigenvalue weighted by molar-refractivity contribution is -0.125. The van der Waals surface area contributed by atoms with Crippen LogP contribution in [0, 0.1) is 5.82 Å². The standard InChI is InChI=1S/C24H29FN6O/c1-29(23-26-13-10-22(32)28-23)19-11-14-30(15-12-19)24-27-20-4-2-3-5-21(20)31(24)16-17-6-8-18(25)9-7-17/h2-9,19,23,26H,10-16H2,1H3,(H,28,32). The van der Waals surface area contributed by atoms with Gasteiger partial charge in [-0.15, -0.1) is 0 Å². The molecule has 2 N–H and O–H groups in total. The summed E-state index contributed by atoms with van der Waals surface area (Å²) >= 11 is 0. The molecule has 0 spiro atoms. The number of hydrogen-bond donors (Lipinski definition) is 2. The van der Waals surface area contributed by atoms with Crippen LogP contribution in [0.1, 0.15) is 24.8 Å².